The van der Waals surface area contributed by atoms with Crippen molar-refractivity contribution < 1.29 is 14.6 Å². The average molecular weight is 228 g/mol. The molecule has 5 heteroatoms. The van der Waals surface area contributed by atoms with E-state index in [0.717, 1.165) is 19.3 Å². The summed E-state index contributed by atoms with van der Waals surface area (Å²) in [6.45, 7) is 2.59. The quantitative estimate of drug-likeness (QED) is 0.609. The number of nitrogens with two attached hydrogens (primary N) is 1. The van der Waals surface area contributed by atoms with Crippen LogP contribution in [0.4, 0.5) is 0 Å². The second kappa shape index (κ2) is 3.98. The Balaban J connectivity index is 1.85. The Morgan fingerprint density at radius 1 is 1.56 bits per heavy atom. The highest BCUT2D eigenvalue weighted by atomic mass is 16.5. The summed E-state index contributed by atoms with van der Waals surface area (Å²) in [5.74, 6) is -0.147. The summed E-state index contributed by atoms with van der Waals surface area (Å²) < 4.78 is 5.29. The first-order chi connectivity index (χ1) is 7.46. The van der Waals surface area contributed by atoms with Crippen LogP contribution in [0.5, 0.6) is 0 Å². The van der Waals surface area contributed by atoms with Gasteiger partial charge in [0.1, 0.15) is 5.60 Å². The van der Waals surface area contributed by atoms with E-state index in [2.05, 4.69) is 5.32 Å². The van der Waals surface area contributed by atoms with Crippen molar-refractivity contribution in [2.75, 3.05) is 13.2 Å². The number of nitrogens with one attached hydrogen (secondary N) is 1. The van der Waals surface area contributed by atoms with E-state index in [9.17, 15) is 9.90 Å². The lowest BCUT2D eigenvalue weighted by atomic mass is 9.77. The second-order valence-electron chi connectivity index (χ2n) is 5.06. The predicted octanol–water partition coefficient (Wildman–Crippen LogP) is -0.476. The number of rotatable bonds is 3. The fraction of sp³-hybridized carbons (Fsp3) is 0.909. The molecule has 5 nitrogen and oxygen atoms in total. The lowest BCUT2D eigenvalue weighted by Gasteiger charge is -2.37. The van der Waals surface area contributed by atoms with Crippen molar-refractivity contribution in [1.82, 2.24) is 5.32 Å². The average Bonchev–Trinajstić information content (AvgIpc) is 2.53. The lowest BCUT2D eigenvalue weighted by molar-refractivity contribution is -0.131. The van der Waals surface area contributed by atoms with Crippen LogP contribution in [0.3, 0.4) is 0 Å². The third-order valence-corrected chi connectivity index (χ3v) is 3.91. The van der Waals surface area contributed by atoms with Crippen LogP contribution in [0.25, 0.3) is 0 Å². The monoisotopic (exact) mass is 228 g/mol. The molecule has 92 valence electrons. The van der Waals surface area contributed by atoms with E-state index in [4.69, 9.17) is 10.5 Å². The number of amides is 1. The topological polar surface area (TPSA) is 84.6 Å². The molecule has 1 aliphatic carbocycles. The zero-order valence-electron chi connectivity index (χ0n) is 9.66. The van der Waals surface area contributed by atoms with Crippen molar-refractivity contribution in [3.63, 3.8) is 0 Å². The van der Waals surface area contributed by atoms with Gasteiger partial charge in [-0.3, -0.25) is 4.79 Å². The van der Waals surface area contributed by atoms with Crippen molar-refractivity contribution in [3.05, 3.63) is 0 Å². The molecular weight excluding hydrogens is 208 g/mol. The minimum absolute atomic E-state index is 0.147. The molecule has 0 spiro atoms. The summed E-state index contributed by atoms with van der Waals surface area (Å²) in [7, 11) is 0. The van der Waals surface area contributed by atoms with Gasteiger partial charge in [-0.25, -0.2) is 0 Å². The van der Waals surface area contributed by atoms with Crippen LogP contribution in [0.1, 0.15) is 32.6 Å². The normalized spacial score (nSPS) is 36.8. The molecule has 1 amide bonds. The molecule has 16 heavy (non-hydrogen) atoms. The van der Waals surface area contributed by atoms with Crippen LogP contribution in [0.2, 0.25) is 0 Å². The second-order valence-corrected chi connectivity index (χ2v) is 5.06. The van der Waals surface area contributed by atoms with E-state index in [1.54, 1.807) is 0 Å². The molecule has 2 fully saturated rings. The maximum absolute atomic E-state index is 11.8. The minimum atomic E-state index is -0.935. The third kappa shape index (κ3) is 1.95. The molecule has 2 rings (SSSR count). The van der Waals surface area contributed by atoms with Crippen LogP contribution < -0.4 is 11.1 Å². The molecule has 1 saturated heterocycles. The first kappa shape index (κ1) is 11.8. The number of carbonyl (C=O) groups is 1. The largest absolute Gasteiger partial charge is 0.385 e. The van der Waals surface area contributed by atoms with Gasteiger partial charge in [0.15, 0.2) is 0 Å². The molecule has 0 aromatic rings. The SMILES string of the molecule is CC1OCCC1(O)CNC(=O)C1(N)CCC1. The Morgan fingerprint density at radius 3 is 2.69 bits per heavy atom. The van der Waals surface area contributed by atoms with Gasteiger partial charge in [-0.1, -0.05) is 0 Å². The maximum atomic E-state index is 11.8. The first-order valence-electron chi connectivity index (χ1n) is 5.87. The molecule has 2 unspecified atom stereocenters. The van der Waals surface area contributed by atoms with E-state index in [-0.39, 0.29) is 18.6 Å². The van der Waals surface area contributed by atoms with E-state index in [1.165, 1.54) is 0 Å². The predicted molar refractivity (Wildman–Crippen MR) is 58.8 cm³/mol. The van der Waals surface area contributed by atoms with Crippen molar-refractivity contribution in [2.45, 2.75) is 49.9 Å². The van der Waals surface area contributed by atoms with E-state index in [1.807, 2.05) is 6.92 Å². The molecule has 2 atom stereocenters. The minimum Gasteiger partial charge on any atom is -0.385 e. The summed E-state index contributed by atoms with van der Waals surface area (Å²) in [5.41, 5.74) is 4.25. The number of aliphatic hydroxyl groups is 1. The number of ether oxygens (including phenoxy) is 1. The Morgan fingerprint density at radius 2 is 2.25 bits per heavy atom. The van der Waals surface area contributed by atoms with Crippen LogP contribution in [0.15, 0.2) is 0 Å². The molecule has 0 radical (unpaired) electrons. The highest BCUT2D eigenvalue weighted by Crippen LogP contribution is 2.30. The molecule has 1 heterocycles. The van der Waals surface area contributed by atoms with Crippen LogP contribution in [-0.4, -0.2) is 41.4 Å². The summed E-state index contributed by atoms with van der Waals surface area (Å²) >= 11 is 0. The standard InChI is InChI=1S/C11H20N2O3/c1-8-11(15,5-6-16-8)7-13-9(14)10(12)3-2-4-10/h8,15H,2-7,12H2,1H3,(H,13,14). The van der Waals surface area contributed by atoms with Crippen LogP contribution >= 0.6 is 0 Å². The molecular formula is C11H20N2O3. The zero-order valence-corrected chi connectivity index (χ0v) is 9.66. The van der Waals surface area contributed by atoms with Crippen molar-refractivity contribution in [2.24, 2.45) is 5.73 Å². The Kier molecular flexibility index (Phi) is 2.94. The van der Waals surface area contributed by atoms with Gasteiger partial charge in [-0.15, -0.1) is 0 Å². The first-order valence-corrected chi connectivity index (χ1v) is 5.87. The highest BCUT2D eigenvalue weighted by Gasteiger charge is 2.43. The Hall–Kier alpha value is -0.650. The number of hydrogen-bond acceptors (Lipinski definition) is 4. The van der Waals surface area contributed by atoms with Crippen LogP contribution in [0, 0.1) is 0 Å². The van der Waals surface area contributed by atoms with Gasteiger partial charge in [0, 0.05) is 19.6 Å². The number of hydrogen-bond donors (Lipinski definition) is 3. The van der Waals surface area contributed by atoms with Gasteiger partial charge in [0.25, 0.3) is 0 Å². The number of carbonyl (C=O) groups excluding carboxylic acids is 1. The van der Waals surface area contributed by atoms with Gasteiger partial charge in [0.05, 0.1) is 11.6 Å². The molecule has 4 N–H and O–H groups in total. The molecule has 0 bridgehead atoms. The van der Waals surface area contributed by atoms with E-state index < -0.39 is 11.1 Å². The smallest absolute Gasteiger partial charge is 0.240 e. The summed E-state index contributed by atoms with van der Waals surface area (Å²) in [4.78, 5) is 11.8. The fourth-order valence-electron chi connectivity index (χ4n) is 2.20. The molecule has 2 aliphatic rings. The Labute approximate surface area is 95.3 Å². The van der Waals surface area contributed by atoms with Crippen molar-refractivity contribution in [3.8, 4) is 0 Å². The van der Waals surface area contributed by atoms with Gasteiger partial charge in [0.2, 0.25) is 5.91 Å². The highest BCUT2D eigenvalue weighted by molar-refractivity contribution is 5.87. The van der Waals surface area contributed by atoms with Gasteiger partial charge < -0.3 is 20.9 Å². The van der Waals surface area contributed by atoms with Crippen molar-refractivity contribution in [1.29, 1.82) is 0 Å². The molecule has 1 aliphatic heterocycles. The van der Waals surface area contributed by atoms with Crippen molar-refractivity contribution >= 4 is 5.91 Å². The van der Waals surface area contributed by atoms with Gasteiger partial charge >= 0.3 is 0 Å². The van der Waals surface area contributed by atoms with Crippen LogP contribution in [-0.2, 0) is 9.53 Å². The Bertz CT molecular complexity index is 291. The van der Waals surface area contributed by atoms with E-state index in [0.29, 0.717) is 13.0 Å². The van der Waals surface area contributed by atoms with Gasteiger partial charge in [-0.2, -0.15) is 0 Å². The van der Waals surface area contributed by atoms with E-state index >= 15 is 0 Å². The maximum Gasteiger partial charge on any atom is 0.240 e. The lowest BCUT2D eigenvalue weighted by Crippen LogP contribution is -2.61. The summed E-state index contributed by atoms with van der Waals surface area (Å²) in [5, 5.41) is 12.9. The zero-order chi connectivity index (χ0) is 11.8. The molecule has 0 aromatic heterocycles. The van der Waals surface area contributed by atoms with Gasteiger partial charge in [-0.05, 0) is 26.2 Å². The third-order valence-electron chi connectivity index (χ3n) is 3.91. The summed E-state index contributed by atoms with van der Waals surface area (Å²) in [6, 6.07) is 0. The fourth-order valence-corrected chi connectivity index (χ4v) is 2.20. The molecule has 1 saturated carbocycles. The molecule has 0 aromatic carbocycles. The summed E-state index contributed by atoms with van der Waals surface area (Å²) in [6.07, 6.45) is 2.81.